The van der Waals surface area contributed by atoms with Crippen molar-refractivity contribution in [1.29, 1.82) is 0 Å². The van der Waals surface area contributed by atoms with E-state index in [1.807, 2.05) is 48.2 Å². The van der Waals surface area contributed by atoms with Gasteiger partial charge in [0.15, 0.2) is 0 Å². The zero-order chi connectivity index (χ0) is 13.8. The smallest absolute Gasteiger partial charge is 0.128 e. The second-order valence-electron chi connectivity index (χ2n) is 4.53. The molecule has 2 rings (SSSR count). The van der Waals surface area contributed by atoms with Crippen LogP contribution in [0, 0.1) is 0 Å². The Kier molecular flexibility index (Phi) is 3.85. The van der Waals surface area contributed by atoms with Crippen molar-refractivity contribution in [2.75, 3.05) is 7.05 Å². The molecule has 0 aliphatic rings. The molecule has 1 aromatic carbocycles. The lowest BCUT2D eigenvalue weighted by atomic mass is 10.0. The molecule has 1 N–H and O–H groups in total. The fraction of sp³-hybridized carbons (Fsp3) is 0.188. The number of hydrogen-bond acceptors (Lipinski definition) is 2. The number of aliphatic imine (C=N–C) groups is 1. The van der Waals surface area contributed by atoms with E-state index in [0.29, 0.717) is 12.2 Å². The summed E-state index contributed by atoms with van der Waals surface area (Å²) in [5.74, 6) is 0.344. The number of phenols is 1. The molecular formula is C16H18N2O. The summed E-state index contributed by atoms with van der Waals surface area (Å²) >= 11 is 0. The summed E-state index contributed by atoms with van der Waals surface area (Å²) < 4.78 is 1.99. The molecule has 3 heteroatoms. The van der Waals surface area contributed by atoms with Crippen LogP contribution in [0.5, 0.6) is 5.75 Å². The van der Waals surface area contributed by atoms with Gasteiger partial charge in [0.1, 0.15) is 5.75 Å². The van der Waals surface area contributed by atoms with Gasteiger partial charge in [0.25, 0.3) is 0 Å². The van der Waals surface area contributed by atoms with E-state index >= 15 is 0 Å². The molecule has 0 amide bonds. The van der Waals surface area contributed by atoms with Crippen LogP contribution in [0.2, 0.25) is 0 Å². The first-order valence-electron chi connectivity index (χ1n) is 6.16. The normalized spacial score (nSPS) is 11.9. The Hall–Kier alpha value is -2.29. The quantitative estimate of drug-likeness (QED) is 0.660. The second kappa shape index (κ2) is 5.57. The lowest BCUT2D eigenvalue weighted by Gasteiger charge is -2.06. The van der Waals surface area contributed by atoms with Gasteiger partial charge in [-0.2, -0.15) is 0 Å². The Morgan fingerprint density at radius 2 is 2.21 bits per heavy atom. The van der Waals surface area contributed by atoms with Crippen molar-refractivity contribution in [2.24, 2.45) is 12.0 Å². The molecule has 0 unspecified atom stereocenters. The Labute approximate surface area is 113 Å². The van der Waals surface area contributed by atoms with Gasteiger partial charge in [-0.1, -0.05) is 24.3 Å². The molecule has 0 saturated carbocycles. The Morgan fingerprint density at radius 1 is 1.42 bits per heavy atom. The monoisotopic (exact) mass is 254 g/mol. The summed E-state index contributed by atoms with van der Waals surface area (Å²) in [6.07, 6.45) is 8.04. The average molecular weight is 254 g/mol. The largest absolute Gasteiger partial charge is 0.507 e. The molecule has 0 fully saturated rings. The van der Waals surface area contributed by atoms with E-state index in [0.717, 1.165) is 22.0 Å². The van der Waals surface area contributed by atoms with Crippen LogP contribution in [-0.2, 0) is 13.5 Å². The highest BCUT2D eigenvalue weighted by Gasteiger charge is 2.08. The maximum absolute atomic E-state index is 10.3. The molecule has 0 spiro atoms. The van der Waals surface area contributed by atoms with Crippen molar-refractivity contribution in [3.05, 3.63) is 54.3 Å². The highest BCUT2D eigenvalue weighted by molar-refractivity contribution is 5.87. The van der Waals surface area contributed by atoms with Gasteiger partial charge < -0.3 is 9.67 Å². The van der Waals surface area contributed by atoms with Crippen molar-refractivity contribution in [1.82, 2.24) is 4.57 Å². The Balaban J connectivity index is 2.26. The maximum Gasteiger partial charge on any atom is 0.128 e. The summed E-state index contributed by atoms with van der Waals surface area (Å²) in [5, 5.41) is 11.2. The number of allylic oxidation sites excluding steroid dienone is 3. The molecule has 1 aromatic heterocycles. The summed E-state index contributed by atoms with van der Waals surface area (Å²) in [6, 6.07) is 5.90. The molecule has 0 bridgehead atoms. The van der Waals surface area contributed by atoms with Crippen molar-refractivity contribution in [3.63, 3.8) is 0 Å². The minimum absolute atomic E-state index is 0.344. The van der Waals surface area contributed by atoms with Crippen LogP contribution in [0.15, 0.2) is 53.7 Å². The average Bonchev–Trinajstić information content (AvgIpc) is 2.76. The number of rotatable bonds is 4. The molecule has 98 valence electrons. The van der Waals surface area contributed by atoms with Gasteiger partial charge in [-0.25, -0.2) is 0 Å². The van der Waals surface area contributed by atoms with Gasteiger partial charge in [-0.15, -0.1) is 0 Å². The SMILES string of the molecule is C=C(/C=C\C=NC)Cc1ccc2c(ccn2C)c1O. The molecule has 3 nitrogen and oxygen atoms in total. The first-order valence-corrected chi connectivity index (χ1v) is 6.16. The van der Waals surface area contributed by atoms with Crippen molar-refractivity contribution < 1.29 is 5.11 Å². The van der Waals surface area contributed by atoms with E-state index in [9.17, 15) is 5.11 Å². The third-order valence-electron chi connectivity index (χ3n) is 3.11. The van der Waals surface area contributed by atoms with E-state index in [1.165, 1.54) is 0 Å². The van der Waals surface area contributed by atoms with Crippen LogP contribution in [0.1, 0.15) is 5.56 Å². The third-order valence-corrected chi connectivity index (χ3v) is 3.11. The third kappa shape index (κ3) is 2.76. The van der Waals surface area contributed by atoms with E-state index in [1.54, 1.807) is 13.3 Å². The molecule has 19 heavy (non-hydrogen) atoms. The van der Waals surface area contributed by atoms with Crippen molar-refractivity contribution in [2.45, 2.75) is 6.42 Å². The highest BCUT2D eigenvalue weighted by atomic mass is 16.3. The fourth-order valence-electron chi connectivity index (χ4n) is 2.09. The van der Waals surface area contributed by atoms with E-state index in [-0.39, 0.29) is 0 Å². The maximum atomic E-state index is 10.3. The molecule has 0 saturated heterocycles. The van der Waals surface area contributed by atoms with Crippen LogP contribution in [-0.4, -0.2) is 22.9 Å². The number of aromatic nitrogens is 1. The highest BCUT2D eigenvalue weighted by Crippen LogP contribution is 2.30. The van der Waals surface area contributed by atoms with Crippen LogP contribution in [0.3, 0.4) is 0 Å². The van der Waals surface area contributed by atoms with Crippen LogP contribution in [0.4, 0.5) is 0 Å². The van der Waals surface area contributed by atoms with Crippen molar-refractivity contribution in [3.8, 4) is 5.75 Å². The standard InChI is InChI=1S/C16H18N2O/c1-12(5-4-9-17-2)11-13-6-7-15-14(16(13)19)8-10-18(15)3/h4-10,19H,1,11H2,2-3H3/b5-4-,17-9?. The predicted octanol–water partition coefficient (Wildman–Crippen LogP) is 3.24. The number of benzene rings is 1. The fourth-order valence-corrected chi connectivity index (χ4v) is 2.09. The van der Waals surface area contributed by atoms with Crippen LogP contribution in [0.25, 0.3) is 10.9 Å². The van der Waals surface area contributed by atoms with Crippen molar-refractivity contribution >= 4 is 17.1 Å². The van der Waals surface area contributed by atoms with E-state index in [2.05, 4.69) is 11.6 Å². The summed E-state index contributed by atoms with van der Waals surface area (Å²) in [7, 11) is 3.69. The zero-order valence-corrected chi connectivity index (χ0v) is 11.3. The number of aromatic hydroxyl groups is 1. The van der Waals surface area contributed by atoms with E-state index < -0.39 is 0 Å². The first-order chi connectivity index (χ1) is 9.13. The number of hydrogen-bond donors (Lipinski definition) is 1. The van der Waals surface area contributed by atoms with Crippen LogP contribution >= 0.6 is 0 Å². The molecule has 0 radical (unpaired) electrons. The number of fused-ring (bicyclic) bond motifs is 1. The lowest BCUT2D eigenvalue weighted by Crippen LogP contribution is -1.90. The predicted molar refractivity (Wildman–Crippen MR) is 81.0 cm³/mol. The number of nitrogens with zero attached hydrogens (tertiary/aromatic N) is 2. The van der Waals surface area contributed by atoms with Gasteiger partial charge in [-0.05, 0) is 23.8 Å². The minimum atomic E-state index is 0.344. The van der Waals surface area contributed by atoms with Crippen LogP contribution < -0.4 is 0 Å². The topological polar surface area (TPSA) is 37.5 Å². The molecule has 0 aliphatic heterocycles. The second-order valence-corrected chi connectivity index (χ2v) is 4.53. The minimum Gasteiger partial charge on any atom is -0.507 e. The summed E-state index contributed by atoms with van der Waals surface area (Å²) in [6.45, 7) is 3.98. The number of aryl methyl sites for hydroxylation is 1. The number of phenolic OH excluding ortho intramolecular Hbond substituents is 1. The molecule has 1 heterocycles. The van der Waals surface area contributed by atoms with Gasteiger partial charge in [0.2, 0.25) is 0 Å². The van der Waals surface area contributed by atoms with Gasteiger partial charge in [0.05, 0.1) is 5.52 Å². The summed E-state index contributed by atoms with van der Waals surface area (Å²) in [5.41, 5.74) is 2.85. The molecular weight excluding hydrogens is 236 g/mol. The van der Waals surface area contributed by atoms with E-state index in [4.69, 9.17) is 0 Å². The first kappa shape index (κ1) is 13.1. The Morgan fingerprint density at radius 3 is 2.95 bits per heavy atom. The lowest BCUT2D eigenvalue weighted by molar-refractivity contribution is 0.476. The molecule has 0 atom stereocenters. The molecule has 2 aromatic rings. The Bertz CT molecular complexity index is 663. The zero-order valence-electron chi connectivity index (χ0n) is 11.3. The van der Waals surface area contributed by atoms with Gasteiger partial charge in [-0.3, -0.25) is 4.99 Å². The summed E-state index contributed by atoms with van der Waals surface area (Å²) in [4.78, 5) is 3.87. The van der Waals surface area contributed by atoms with Gasteiger partial charge in [0, 0.05) is 38.3 Å². The molecule has 0 aliphatic carbocycles. The van der Waals surface area contributed by atoms with Gasteiger partial charge >= 0.3 is 0 Å².